The fraction of sp³-hybridized carbons (Fsp3) is 0.0294. The van der Waals surface area contributed by atoms with Gasteiger partial charge in [0.25, 0.3) is 0 Å². The van der Waals surface area contributed by atoms with E-state index in [4.69, 9.17) is 8.83 Å². The molecule has 0 saturated heterocycles. The summed E-state index contributed by atoms with van der Waals surface area (Å²) in [5, 5.41) is 69.8. The van der Waals surface area contributed by atoms with E-state index >= 15 is 0 Å². The fourth-order valence-corrected chi connectivity index (χ4v) is 4.65. The van der Waals surface area contributed by atoms with Crippen LogP contribution in [0, 0.1) is 0 Å². The smallest absolute Gasteiger partial charge is 0.344 e. The zero-order valence-electron chi connectivity index (χ0n) is 23.5. The molecule has 0 bridgehead atoms. The van der Waals surface area contributed by atoms with Gasteiger partial charge in [0.15, 0.2) is 23.0 Å². The monoisotopic (exact) mass is 624 g/mol. The van der Waals surface area contributed by atoms with Gasteiger partial charge in [0.2, 0.25) is 0 Å². The van der Waals surface area contributed by atoms with Crippen molar-refractivity contribution in [1.29, 1.82) is 0 Å². The largest absolute Gasteiger partial charge is 0.507 e. The van der Waals surface area contributed by atoms with Crippen molar-refractivity contribution in [2.24, 2.45) is 0 Å². The number of carbonyl (C=O) groups is 1. The molecule has 232 valence electrons. The Morgan fingerprint density at radius 2 is 0.978 bits per heavy atom. The first-order valence-electron chi connectivity index (χ1n) is 13.4. The molecule has 0 saturated carbocycles. The molecule has 0 fully saturated rings. The van der Waals surface area contributed by atoms with Crippen molar-refractivity contribution in [3.63, 3.8) is 0 Å². The minimum absolute atomic E-state index is 0.100. The molecule has 0 unspecified atom stereocenters. The van der Waals surface area contributed by atoms with E-state index in [1.54, 1.807) is 0 Å². The van der Waals surface area contributed by atoms with Crippen molar-refractivity contribution in [1.82, 2.24) is 0 Å². The van der Waals surface area contributed by atoms with Gasteiger partial charge in [0.1, 0.15) is 23.0 Å². The van der Waals surface area contributed by atoms with E-state index in [0.717, 1.165) is 12.1 Å². The van der Waals surface area contributed by atoms with Gasteiger partial charge >= 0.3 is 17.2 Å². The maximum absolute atomic E-state index is 13.3. The Bertz CT molecular complexity index is 2010. The van der Waals surface area contributed by atoms with Gasteiger partial charge in [-0.05, 0) is 65.2 Å². The van der Waals surface area contributed by atoms with E-state index in [1.807, 2.05) is 0 Å². The molecule has 2 heterocycles. The molecule has 5 aromatic rings. The Morgan fingerprint density at radius 1 is 0.543 bits per heavy atom. The highest BCUT2D eigenvalue weighted by Crippen LogP contribution is 2.38. The van der Waals surface area contributed by atoms with Gasteiger partial charge in [-0.3, -0.25) is 0 Å². The average molecular weight is 625 g/mol. The van der Waals surface area contributed by atoms with Crippen LogP contribution in [0.5, 0.6) is 34.5 Å². The summed E-state index contributed by atoms with van der Waals surface area (Å²) in [6.45, 7) is 0. The maximum atomic E-state index is 13.3. The molecule has 0 amide bonds. The van der Waals surface area contributed by atoms with Crippen molar-refractivity contribution < 1.29 is 49.4 Å². The highest BCUT2D eigenvalue weighted by Gasteiger charge is 2.31. The molecule has 0 spiro atoms. The minimum atomic E-state index is -1.48. The van der Waals surface area contributed by atoms with Crippen molar-refractivity contribution in [2.75, 3.05) is 0 Å². The van der Waals surface area contributed by atoms with Crippen LogP contribution in [0.3, 0.4) is 0 Å². The lowest BCUT2D eigenvalue weighted by atomic mass is 9.85. The van der Waals surface area contributed by atoms with E-state index in [9.17, 15) is 50.1 Å². The van der Waals surface area contributed by atoms with E-state index in [-0.39, 0.29) is 45.6 Å². The number of carboxylic acids is 1. The summed E-state index contributed by atoms with van der Waals surface area (Å²) in [5.74, 6) is -5.59. The first kappa shape index (κ1) is 30.8. The molecule has 5 rings (SSSR count). The van der Waals surface area contributed by atoms with Gasteiger partial charge in [0, 0.05) is 12.1 Å². The van der Waals surface area contributed by atoms with Gasteiger partial charge in [-0.15, -0.1) is 0 Å². The third-order valence-corrected chi connectivity index (χ3v) is 6.92. The molecular weight excluding hydrogens is 600 g/mol. The number of benzene rings is 3. The van der Waals surface area contributed by atoms with Gasteiger partial charge in [-0.1, -0.05) is 36.4 Å². The van der Waals surface area contributed by atoms with Crippen LogP contribution in [0.4, 0.5) is 0 Å². The maximum Gasteiger partial charge on any atom is 0.344 e. The molecule has 46 heavy (non-hydrogen) atoms. The average Bonchev–Trinajstić information content (AvgIpc) is 3.01. The van der Waals surface area contributed by atoms with Gasteiger partial charge < -0.3 is 44.6 Å². The van der Waals surface area contributed by atoms with Crippen LogP contribution in [0.1, 0.15) is 55.6 Å². The third-order valence-electron chi connectivity index (χ3n) is 6.92. The summed E-state index contributed by atoms with van der Waals surface area (Å²) < 4.78 is 10.8. The zero-order chi connectivity index (χ0) is 33.1. The van der Waals surface area contributed by atoms with Gasteiger partial charge in [-0.2, -0.15) is 0 Å². The second kappa shape index (κ2) is 12.5. The topological polar surface area (TPSA) is 219 Å². The number of hydrogen-bond donors (Lipinski definition) is 7. The highest BCUT2D eigenvalue weighted by molar-refractivity contribution is 5.87. The Kier molecular flexibility index (Phi) is 8.36. The molecule has 12 heteroatoms. The third kappa shape index (κ3) is 6.45. The molecule has 7 N–H and O–H groups in total. The number of hydrogen-bond acceptors (Lipinski definition) is 11. The summed E-state index contributed by atoms with van der Waals surface area (Å²) >= 11 is 0. The van der Waals surface area contributed by atoms with Crippen molar-refractivity contribution in [2.45, 2.75) is 5.92 Å². The van der Waals surface area contributed by atoms with Gasteiger partial charge in [0.05, 0.1) is 22.6 Å². The SMILES string of the molecule is O=C(O)c1ccc(C(c2c(O)cc(C=Cc3ccc(O)c(O)c3)oc2=O)c2c(O)cc(C=Cc3ccc(O)c(O)c3)oc2=O)cc1. The lowest BCUT2D eigenvalue weighted by molar-refractivity contribution is 0.0696. The van der Waals surface area contributed by atoms with E-state index in [0.29, 0.717) is 11.1 Å². The first-order valence-corrected chi connectivity index (χ1v) is 13.4. The summed E-state index contributed by atoms with van der Waals surface area (Å²) in [7, 11) is 0. The number of phenols is 4. The Labute approximate surface area is 258 Å². The van der Waals surface area contributed by atoms with Crippen LogP contribution in [0.25, 0.3) is 24.3 Å². The van der Waals surface area contributed by atoms with Crippen LogP contribution in [0.2, 0.25) is 0 Å². The molecule has 2 aromatic heterocycles. The van der Waals surface area contributed by atoms with Crippen molar-refractivity contribution >= 4 is 30.3 Å². The number of aromatic carboxylic acids is 1. The van der Waals surface area contributed by atoms with Crippen LogP contribution in [-0.2, 0) is 0 Å². The Morgan fingerprint density at radius 3 is 1.35 bits per heavy atom. The quantitative estimate of drug-likeness (QED) is 0.113. The molecule has 0 atom stereocenters. The predicted octanol–water partition coefficient (Wildman–Crippen LogP) is 5.05. The van der Waals surface area contributed by atoms with Crippen LogP contribution in [-0.4, -0.2) is 41.7 Å². The fourth-order valence-electron chi connectivity index (χ4n) is 4.65. The van der Waals surface area contributed by atoms with Crippen LogP contribution in [0.15, 0.2) is 91.2 Å². The molecule has 0 radical (unpaired) electrons. The van der Waals surface area contributed by atoms with Crippen LogP contribution < -0.4 is 11.3 Å². The van der Waals surface area contributed by atoms with Crippen molar-refractivity contribution in [3.8, 4) is 34.5 Å². The first-order chi connectivity index (χ1) is 21.9. The highest BCUT2D eigenvalue weighted by atomic mass is 16.4. The summed E-state index contributed by atoms with van der Waals surface area (Å²) in [4.78, 5) is 38.1. The second-order valence-corrected chi connectivity index (χ2v) is 9.99. The molecule has 0 aliphatic carbocycles. The van der Waals surface area contributed by atoms with Gasteiger partial charge in [-0.25, -0.2) is 14.4 Å². The Hall–Kier alpha value is -6.69. The lowest BCUT2D eigenvalue weighted by Gasteiger charge is -2.19. The summed E-state index contributed by atoms with van der Waals surface area (Å²) in [6, 6.07) is 15.2. The summed E-state index contributed by atoms with van der Waals surface area (Å²) in [5.41, 5.74) is -2.18. The van der Waals surface area contributed by atoms with E-state index < -0.39 is 45.8 Å². The predicted molar refractivity (Wildman–Crippen MR) is 165 cm³/mol. The minimum Gasteiger partial charge on any atom is -0.507 e. The molecule has 3 aromatic carbocycles. The molecule has 0 aliphatic heterocycles. The van der Waals surface area contributed by atoms with Crippen LogP contribution >= 0.6 is 0 Å². The standard InChI is InChI=1S/C34H24O12/c35-23-11-3-17(13-25(23)37)1-9-21-15-27(39)30(33(43)45-21)29(19-5-7-20(8-6-19)32(41)42)31-28(40)16-22(46-34(31)44)10-2-18-4-12-24(36)26(38)14-18/h1-16,29,35-40H,(H,41,42). The number of carboxylic acid groups (broad SMARTS) is 1. The van der Waals surface area contributed by atoms with E-state index in [2.05, 4.69) is 0 Å². The number of rotatable bonds is 8. The summed E-state index contributed by atoms with van der Waals surface area (Å²) in [6.07, 6.45) is 5.50. The normalized spacial score (nSPS) is 12.1. The molecular formula is C34H24O12. The molecule has 12 nitrogen and oxygen atoms in total. The zero-order valence-corrected chi connectivity index (χ0v) is 23.5. The van der Waals surface area contributed by atoms with E-state index in [1.165, 1.54) is 85.0 Å². The van der Waals surface area contributed by atoms with Crippen molar-refractivity contribution in [3.05, 3.63) is 139 Å². The second-order valence-electron chi connectivity index (χ2n) is 9.99. The lowest BCUT2D eigenvalue weighted by Crippen LogP contribution is -2.21. The Balaban J connectivity index is 1.59. The number of phenolic OH excluding ortho intramolecular Hbond substituents is 4. The molecule has 0 aliphatic rings. The number of aromatic hydroxyl groups is 6.